The highest BCUT2D eigenvalue weighted by molar-refractivity contribution is 6.32. The SMILES string of the molecule is COc1cc2c(cc1C)[C@H](c1ccc(OCC(N)=O)c(Cl)c1)CC(=O)N2. The van der Waals surface area contributed by atoms with Gasteiger partial charge in [0.25, 0.3) is 5.91 Å². The van der Waals surface area contributed by atoms with Crippen LogP contribution < -0.4 is 20.5 Å². The van der Waals surface area contributed by atoms with E-state index in [0.717, 1.165) is 28.1 Å². The van der Waals surface area contributed by atoms with Crippen LogP contribution in [0.3, 0.4) is 0 Å². The fourth-order valence-electron chi connectivity index (χ4n) is 3.12. The van der Waals surface area contributed by atoms with Gasteiger partial charge in [0.05, 0.1) is 12.1 Å². The Morgan fingerprint density at radius 2 is 2.08 bits per heavy atom. The molecular formula is C19H19ClN2O4. The van der Waals surface area contributed by atoms with E-state index in [0.29, 0.717) is 17.2 Å². The molecule has 2 aromatic carbocycles. The van der Waals surface area contributed by atoms with Crippen LogP contribution in [0.5, 0.6) is 11.5 Å². The molecule has 0 aromatic heterocycles. The molecule has 7 heteroatoms. The second-order valence-corrected chi connectivity index (χ2v) is 6.57. The van der Waals surface area contributed by atoms with Crippen molar-refractivity contribution in [1.29, 1.82) is 0 Å². The molecule has 0 aliphatic carbocycles. The number of anilines is 1. The van der Waals surface area contributed by atoms with Gasteiger partial charge in [0.2, 0.25) is 5.91 Å². The molecule has 1 atom stereocenters. The van der Waals surface area contributed by atoms with Gasteiger partial charge in [-0.2, -0.15) is 0 Å². The minimum absolute atomic E-state index is 0.0708. The molecular weight excluding hydrogens is 356 g/mol. The van der Waals surface area contributed by atoms with E-state index < -0.39 is 5.91 Å². The molecule has 3 N–H and O–H groups in total. The first-order valence-electron chi connectivity index (χ1n) is 8.08. The number of aryl methyl sites for hydroxylation is 1. The van der Waals surface area contributed by atoms with Gasteiger partial charge < -0.3 is 20.5 Å². The Hall–Kier alpha value is -2.73. The van der Waals surface area contributed by atoms with Gasteiger partial charge in [-0.15, -0.1) is 0 Å². The molecule has 1 aliphatic heterocycles. The molecule has 0 saturated carbocycles. The summed E-state index contributed by atoms with van der Waals surface area (Å²) in [4.78, 5) is 23.0. The number of carbonyl (C=O) groups is 2. The molecule has 3 rings (SSSR count). The summed E-state index contributed by atoms with van der Waals surface area (Å²) in [5, 5.41) is 3.25. The highest BCUT2D eigenvalue weighted by Gasteiger charge is 2.28. The van der Waals surface area contributed by atoms with Crippen molar-refractivity contribution in [3.8, 4) is 11.5 Å². The number of methoxy groups -OCH3 is 1. The third-order valence-corrected chi connectivity index (χ3v) is 4.63. The number of hydrogen-bond donors (Lipinski definition) is 2. The zero-order valence-electron chi connectivity index (χ0n) is 14.5. The predicted octanol–water partition coefficient (Wildman–Crippen LogP) is 3.00. The molecule has 0 saturated heterocycles. The maximum atomic E-state index is 12.2. The Labute approximate surface area is 156 Å². The molecule has 2 aromatic rings. The van der Waals surface area contributed by atoms with Crippen molar-refractivity contribution < 1.29 is 19.1 Å². The average molecular weight is 375 g/mol. The second kappa shape index (κ2) is 7.25. The second-order valence-electron chi connectivity index (χ2n) is 6.16. The maximum Gasteiger partial charge on any atom is 0.255 e. The molecule has 1 aliphatic rings. The number of primary amides is 1. The summed E-state index contributed by atoms with van der Waals surface area (Å²) in [6, 6.07) is 9.13. The Morgan fingerprint density at radius 1 is 1.31 bits per heavy atom. The van der Waals surface area contributed by atoms with E-state index in [9.17, 15) is 9.59 Å². The Bertz CT molecular complexity index is 882. The lowest BCUT2D eigenvalue weighted by atomic mass is 9.84. The van der Waals surface area contributed by atoms with Gasteiger partial charge >= 0.3 is 0 Å². The van der Waals surface area contributed by atoms with E-state index in [1.54, 1.807) is 19.2 Å². The van der Waals surface area contributed by atoms with E-state index in [1.807, 2.05) is 25.1 Å². The Morgan fingerprint density at radius 3 is 2.73 bits per heavy atom. The first kappa shape index (κ1) is 18.1. The number of benzene rings is 2. The monoisotopic (exact) mass is 374 g/mol. The minimum atomic E-state index is -0.576. The van der Waals surface area contributed by atoms with Crippen molar-refractivity contribution in [2.45, 2.75) is 19.3 Å². The van der Waals surface area contributed by atoms with E-state index >= 15 is 0 Å². The third kappa shape index (κ3) is 3.60. The smallest absolute Gasteiger partial charge is 0.255 e. The quantitative estimate of drug-likeness (QED) is 0.841. The van der Waals surface area contributed by atoms with Crippen LogP contribution in [0.1, 0.15) is 29.0 Å². The Kier molecular flexibility index (Phi) is 5.04. The summed E-state index contributed by atoms with van der Waals surface area (Å²) in [7, 11) is 1.60. The molecule has 1 heterocycles. The van der Waals surface area contributed by atoms with Crippen LogP contribution >= 0.6 is 11.6 Å². The van der Waals surface area contributed by atoms with Crippen molar-refractivity contribution >= 4 is 29.1 Å². The molecule has 136 valence electrons. The molecule has 0 unspecified atom stereocenters. The number of amides is 2. The summed E-state index contributed by atoms with van der Waals surface area (Å²) in [6.45, 7) is 1.72. The molecule has 6 nitrogen and oxygen atoms in total. The van der Waals surface area contributed by atoms with Gasteiger partial charge in [0.1, 0.15) is 11.5 Å². The Balaban J connectivity index is 1.97. The van der Waals surface area contributed by atoms with Crippen LogP contribution in [-0.2, 0) is 9.59 Å². The number of nitrogens with one attached hydrogen (secondary N) is 1. The molecule has 0 fully saturated rings. The van der Waals surface area contributed by atoms with Crippen molar-refractivity contribution in [3.63, 3.8) is 0 Å². The number of carbonyl (C=O) groups excluding carboxylic acids is 2. The van der Waals surface area contributed by atoms with E-state index in [4.69, 9.17) is 26.8 Å². The van der Waals surface area contributed by atoms with Crippen LogP contribution in [0.25, 0.3) is 0 Å². The summed E-state index contributed by atoms with van der Waals surface area (Å²) >= 11 is 6.28. The van der Waals surface area contributed by atoms with Crippen molar-refractivity contribution in [1.82, 2.24) is 0 Å². The standard InChI is InChI=1S/C19H19ClN2O4/c1-10-5-13-12(7-19(24)22-15(13)8-17(10)25-2)11-3-4-16(14(20)6-11)26-9-18(21)23/h3-6,8,12H,7,9H2,1-2H3,(H2,21,23)(H,22,24)/t12-/m0/s1. The topological polar surface area (TPSA) is 90.7 Å². The molecule has 26 heavy (non-hydrogen) atoms. The van der Waals surface area contributed by atoms with Crippen LogP contribution in [0.4, 0.5) is 5.69 Å². The molecule has 0 radical (unpaired) electrons. The highest BCUT2D eigenvalue weighted by atomic mass is 35.5. The number of rotatable bonds is 5. The average Bonchev–Trinajstić information content (AvgIpc) is 2.59. The third-order valence-electron chi connectivity index (χ3n) is 4.33. The fraction of sp³-hybridized carbons (Fsp3) is 0.263. The van der Waals surface area contributed by atoms with Gasteiger partial charge in [-0.1, -0.05) is 17.7 Å². The normalized spacial score (nSPS) is 15.8. The lowest BCUT2D eigenvalue weighted by molar-refractivity contribution is -0.120. The minimum Gasteiger partial charge on any atom is -0.496 e. The summed E-state index contributed by atoms with van der Waals surface area (Å²) in [5.41, 5.74) is 8.70. The maximum absolute atomic E-state index is 12.2. The van der Waals surface area contributed by atoms with Gasteiger partial charge in [-0.25, -0.2) is 0 Å². The first-order valence-corrected chi connectivity index (χ1v) is 8.45. The summed E-state index contributed by atoms with van der Waals surface area (Å²) < 4.78 is 10.6. The zero-order chi connectivity index (χ0) is 18.8. The number of hydrogen-bond acceptors (Lipinski definition) is 4. The van der Waals surface area contributed by atoms with Crippen molar-refractivity contribution in [3.05, 3.63) is 52.0 Å². The van der Waals surface area contributed by atoms with Gasteiger partial charge in [0.15, 0.2) is 6.61 Å². The number of nitrogens with two attached hydrogens (primary N) is 1. The van der Waals surface area contributed by atoms with Crippen LogP contribution in [0.2, 0.25) is 5.02 Å². The van der Waals surface area contributed by atoms with Crippen LogP contribution in [0, 0.1) is 6.92 Å². The lowest BCUT2D eigenvalue weighted by Gasteiger charge is -2.27. The first-order chi connectivity index (χ1) is 12.4. The molecule has 0 bridgehead atoms. The van der Waals surface area contributed by atoms with E-state index in [-0.39, 0.29) is 18.4 Å². The largest absolute Gasteiger partial charge is 0.496 e. The fourth-order valence-corrected chi connectivity index (χ4v) is 3.36. The van der Waals surface area contributed by atoms with Crippen LogP contribution in [-0.4, -0.2) is 25.5 Å². The van der Waals surface area contributed by atoms with Gasteiger partial charge in [-0.3, -0.25) is 9.59 Å². The van der Waals surface area contributed by atoms with Gasteiger partial charge in [-0.05, 0) is 41.8 Å². The lowest BCUT2D eigenvalue weighted by Crippen LogP contribution is -2.24. The summed E-state index contributed by atoms with van der Waals surface area (Å²) in [5.74, 6) is 0.315. The predicted molar refractivity (Wildman–Crippen MR) is 99.0 cm³/mol. The van der Waals surface area contributed by atoms with E-state index in [1.165, 1.54) is 0 Å². The number of fused-ring (bicyclic) bond motifs is 1. The van der Waals surface area contributed by atoms with E-state index in [2.05, 4.69) is 5.32 Å². The van der Waals surface area contributed by atoms with Gasteiger partial charge in [0, 0.05) is 24.1 Å². The highest BCUT2D eigenvalue weighted by Crippen LogP contribution is 2.41. The molecule has 0 spiro atoms. The molecule has 2 amide bonds. The zero-order valence-corrected chi connectivity index (χ0v) is 15.2. The number of ether oxygens (including phenoxy) is 2. The number of halogens is 1. The van der Waals surface area contributed by atoms with Crippen molar-refractivity contribution in [2.24, 2.45) is 5.73 Å². The van der Waals surface area contributed by atoms with Crippen LogP contribution in [0.15, 0.2) is 30.3 Å². The van der Waals surface area contributed by atoms with Crippen molar-refractivity contribution in [2.75, 3.05) is 19.0 Å². The summed E-state index contributed by atoms with van der Waals surface area (Å²) in [6.07, 6.45) is 0.316.